The first-order valence-electron chi connectivity index (χ1n) is 5.75. The summed E-state index contributed by atoms with van der Waals surface area (Å²) in [5.41, 5.74) is 0. The first kappa shape index (κ1) is 12.5. The van der Waals surface area contributed by atoms with Crippen molar-refractivity contribution in [3.05, 3.63) is 59.2 Å². The zero-order chi connectivity index (χ0) is 13.2. The van der Waals surface area contributed by atoms with Crippen LogP contribution in [-0.4, -0.2) is 10.1 Å². The van der Waals surface area contributed by atoms with Gasteiger partial charge in [0.1, 0.15) is 10.8 Å². The molecule has 0 aliphatic heterocycles. The van der Waals surface area contributed by atoms with Gasteiger partial charge in [0.2, 0.25) is 0 Å². The number of aromatic nitrogens is 1. The van der Waals surface area contributed by atoms with E-state index in [1.165, 1.54) is 11.8 Å². The number of aromatic hydroxyl groups is 1. The van der Waals surface area contributed by atoms with E-state index < -0.39 is 0 Å². The normalized spacial score (nSPS) is 10.8. The van der Waals surface area contributed by atoms with E-state index in [1.807, 2.05) is 42.5 Å². The molecule has 0 aliphatic carbocycles. The van der Waals surface area contributed by atoms with Crippen molar-refractivity contribution < 1.29 is 5.11 Å². The predicted molar refractivity (Wildman–Crippen MR) is 81.7 cm³/mol. The summed E-state index contributed by atoms with van der Waals surface area (Å²) in [4.78, 5) is 5.22. The minimum atomic E-state index is 0.279. The van der Waals surface area contributed by atoms with E-state index >= 15 is 0 Å². The highest BCUT2D eigenvalue weighted by Crippen LogP contribution is 2.37. The van der Waals surface area contributed by atoms with Crippen LogP contribution in [0.15, 0.2) is 69.1 Å². The number of pyridine rings is 1. The van der Waals surface area contributed by atoms with E-state index in [0.29, 0.717) is 0 Å². The molecule has 3 rings (SSSR count). The Kier molecular flexibility index (Phi) is 3.44. The lowest BCUT2D eigenvalue weighted by Gasteiger charge is -2.07. The number of para-hydroxylation sites is 1. The first-order valence-corrected chi connectivity index (χ1v) is 7.36. The second kappa shape index (κ2) is 5.23. The van der Waals surface area contributed by atoms with Crippen LogP contribution in [0.1, 0.15) is 0 Å². The summed E-state index contributed by atoms with van der Waals surface area (Å²) in [6.07, 6.45) is 1.79. The summed E-state index contributed by atoms with van der Waals surface area (Å²) in [6, 6.07) is 15.3. The average molecular weight is 332 g/mol. The van der Waals surface area contributed by atoms with Gasteiger partial charge in [-0.05, 0) is 24.3 Å². The molecular weight excluding hydrogens is 322 g/mol. The van der Waals surface area contributed by atoms with Crippen LogP contribution in [-0.2, 0) is 0 Å². The summed E-state index contributed by atoms with van der Waals surface area (Å²) in [7, 11) is 0. The van der Waals surface area contributed by atoms with Gasteiger partial charge in [0.15, 0.2) is 0 Å². The van der Waals surface area contributed by atoms with Crippen LogP contribution in [0.3, 0.4) is 0 Å². The molecule has 2 nitrogen and oxygen atoms in total. The maximum Gasteiger partial charge on any atom is 0.129 e. The minimum Gasteiger partial charge on any atom is -0.507 e. The molecular formula is C15H10BrNOS. The number of nitrogens with zero attached hydrogens (tertiary/aromatic N) is 1. The summed E-state index contributed by atoms with van der Waals surface area (Å²) >= 11 is 5.01. The third kappa shape index (κ3) is 2.46. The van der Waals surface area contributed by atoms with Gasteiger partial charge < -0.3 is 5.11 Å². The van der Waals surface area contributed by atoms with Crippen molar-refractivity contribution in [1.82, 2.24) is 4.98 Å². The lowest BCUT2D eigenvalue weighted by molar-refractivity contribution is 0.462. The highest BCUT2D eigenvalue weighted by Gasteiger charge is 2.08. The Balaban J connectivity index is 2.12. The predicted octanol–water partition coefficient (Wildman–Crippen LogP) is 4.85. The van der Waals surface area contributed by atoms with Gasteiger partial charge in [-0.1, -0.05) is 52.0 Å². The van der Waals surface area contributed by atoms with Crippen LogP contribution >= 0.6 is 27.7 Å². The van der Waals surface area contributed by atoms with E-state index in [1.54, 1.807) is 12.3 Å². The number of halogens is 1. The molecule has 0 amide bonds. The third-order valence-corrected chi connectivity index (χ3v) is 4.56. The van der Waals surface area contributed by atoms with Crippen LogP contribution < -0.4 is 0 Å². The molecule has 0 saturated heterocycles. The van der Waals surface area contributed by atoms with Crippen molar-refractivity contribution in [2.45, 2.75) is 9.92 Å². The second-order valence-corrected chi connectivity index (χ2v) is 5.91. The van der Waals surface area contributed by atoms with Gasteiger partial charge in [-0.2, -0.15) is 0 Å². The number of rotatable bonds is 2. The van der Waals surface area contributed by atoms with Crippen molar-refractivity contribution in [2.24, 2.45) is 0 Å². The fraction of sp³-hybridized carbons (Fsp3) is 0. The molecule has 1 N–H and O–H groups in total. The Morgan fingerprint density at radius 3 is 2.63 bits per heavy atom. The van der Waals surface area contributed by atoms with Crippen LogP contribution in [0.25, 0.3) is 10.8 Å². The molecule has 4 heteroatoms. The number of hydrogen-bond donors (Lipinski definition) is 1. The van der Waals surface area contributed by atoms with Gasteiger partial charge in [-0.25, -0.2) is 4.98 Å². The lowest BCUT2D eigenvalue weighted by atomic mass is 10.2. The fourth-order valence-corrected chi connectivity index (χ4v) is 3.30. The fourth-order valence-electron chi connectivity index (χ4n) is 1.87. The van der Waals surface area contributed by atoms with Crippen molar-refractivity contribution in [2.75, 3.05) is 0 Å². The van der Waals surface area contributed by atoms with Crippen molar-refractivity contribution in [1.29, 1.82) is 0 Å². The quantitative estimate of drug-likeness (QED) is 0.728. The molecule has 94 valence electrons. The summed E-state index contributed by atoms with van der Waals surface area (Å²) in [5, 5.41) is 12.9. The van der Waals surface area contributed by atoms with Gasteiger partial charge in [-0.3, -0.25) is 0 Å². The van der Waals surface area contributed by atoms with Crippen LogP contribution in [0, 0.1) is 0 Å². The number of phenolic OH excluding ortho intramolecular Hbond substituents is 1. The molecule has 0 atom stereocenters. The number of fused-ring (bicyclic) bond motifs is 1. The molecule has 0 spiro atoms. The van der Waals surface area contributed by atoms with Crippen molar-refractivity contribution in [3.8, 4) is 5.75 Å². The lowest BCUT2D eigenvalue weighted by Crippen LogP contribution is -1.84. The zero-order valence-corrected chi connectivity index (χ0v) is 12.3. The Morgan fingerprint density at radius 2 is 1.79 bits per heavy atom. The maximum atomic E-state index is 9.84. The smallest absolute Gasteiger partial charge is 0.129 e. The summed E-state index contributed by atoms with van der Waals surface area (Å²) in [5.74, 6) is 0.279. The number of hydrogen-bond acceptors (Lipinski definition) is 3. The van der Waals surface area contributed by atoms with Gasteiger partial charge in [0.05, 0.1) is 4.90 Å². The Hall–Kier alpha value is -1.52. The largest absolute Gasteiger partial charge is 0.507 e. The molecule has 1 heterocycles. The van der Waals surface area contributed by atoms with Crippen LogP contribution in [0.4, 0.5) is 0 Å². The standard InChI is InChI=1S/C15H10BrNOS/c16-12-5-3-4-11-10(12)8-9-17-15(11)19-14-7-2-1-6-13(14)18/h1-9,18H. The molecule has 2 aromatic carbocycles. The van der Waals surface area contributed by atoms with E-state index in [9.17, 15) is 5.11 Å². The van der Waals surface area contributed by atoms with Gasteiger partial charge in [0, 0.05) is 21.4 Å². The highest BCUT2D eigenvalue weighted by atomic mass is 79.9. The zero-order valence-electron chi connectivity index (χ0n) is 9.88. The van der Waals surface area contributed by atoms with Gasteiger partial charge in [-0.15, -0.1) is 0 Å². The second-order valence-electron chi connectivity index (χ2n) is 4.02. The SMILES string of the molecule is Oc1ccccc1Sc1nccc2c(Br)cccc12. The van der Waals surface area contributed by atoms with Crippen LogP contribution in [0.5, 0.6) is 5.75 Å². The Labute approximate surface area is 123 Å². The van der Waals surface area contributed by atoms with E-state index in [0.717, 1.165) is 25.2 Å². The molecule has 0 aliphatic rings. The average Bonchev–Trinajstić information content (AvgIpc) is 2.42. The molecule has 1 aromatic heterocycles. The minimum absolute atomic E-state index is 0.279. The molecule has 0 bridgehead atoms. The van der Waals surface area contributed by atoms with Crippen LogP contribution in [0.2, 0.25) is 0 Å². The van der Waals surface area contributed by atoms with Crippen molar-refractivity contribution in [3.63, 3.8) is 0 Å². The first-order chi connectivity index (χ1) is 9.25. The molecule has 0 radical (unpaired) electrons. The molecule has 0 fully saturated rings. The Morgan fingerprint density at radius 1 is 0.947 bits per heavy atom. The summed E-state index contributed by atoms with van der Waals surface area (Å²) < 4.78 is 1.05. The van der Waals surface area contributed by atoms with Crippen molar-refractivity contribution >= 4 is 38.5 Å². The topological polar surface area (TPSA) is 33.1 Å². The van der Waals surface area contributed by atoms with Gasteiger partial charge in [0.25, 0.3) is 0 Å². The van der Waals surface area contributed by atoms with E-state index in [-0.39, 0.29) is 5.75 Å². The highest BCUT2D eigenvalue weighted by molar-refractivity contribution is 9.10. The third-order valence-electron chi connectivity index (χ3n) is 2.79. The van der Waals surface area contributed by atoms with E-state index in [2.05, 4.69) is 20.9 Å². The van der Waals surface area contributed by atoms with E-state index in [4.69, 9.17) is 0 Å². The maximum absolute atomic E-state index is 9.84. The Bertz CT molecular complexity index is 745. The molecule has 19 heavy (non-hydrogen) atoms. The number of phenols is 1. The molecule has 3 aromatic rings. The summed E-state index contributed by atoms with van der Waals surface area (Å²) in [6.45, 7) is 0. The van der Waals surface area contributed by atoms with Gasteiger partial charge >= 0.3 is 0 Å². The molecule has 0 saturated carbocycles. The monoisotopic (exact) mass is 331 g/mol. The molecule has 0 unspecified atom stereocenters. The number of benzene rings is 2.